The topological polar surface area (TPSA) is 61.2 Å². The second-order valence-electron chi connectivity index (χ2n) is 7.00. The molecule has 0 aliphatic rings. The molecule has 152 valence electrons. The first-order valence-electron chi connectivity index (χ1n) is 9.89. The lowest BCUT2D eigenvalue weighted by Gasteiger charge is -2.09. The van der Waals surface area contributed by atoms with E-state index in [1.54, 1.807) is 12.4 Å². The van der Waals surface area contributed by atoms with Gasteiger partial charge in [-0.2, -0.15) is 0 Å². The number of hydrogen-bond acceptors (Lipinski definition) is 5. The summed E-state index contributed by atoms with van der Waals surface area (Å²) in [6.07, 6.45) is 3.40. The van der Waals surface area contributed by atoms with E-state index in [4.69, 9.17) is 14.5 Å². The lowest BCUT2D eigenvalue weighted by molar-refractivity contribution is 0.482. The molecule has 0 aliphatic carbocycles. The molecule has 0 saturated carbocycles. The quantitative estimate of drug-likeness (QED) is 0.357. The number of rotatable bonds is 6. The Hall–Kier alpha value is -4.32. The van der Waals surface area contributed by atoms with Crippen molar-refractivity contribution >= 4 is 22.7 Å². The molecule has 6 nitrogen and oxygen atoms in total. The van der Waals surface area contributed by atoms with E-state index < -0.39 is 0 Å². The van der Waals surface area contributed by atoms with E-state index in [2.05, 4.69) is 10.3 Å². The lowest BCUT2D eigenvalue weighted by atomic mass is 10.3. The number of aromatic nitrogens is 3. The largest absolute Gasteiger partial charge is 0.457 e. The monoisotopic (exact) mass is 408 g/mol. The van der Waals surface area contributed by atoms with Crippen LogP contribution < -0.4 is 14.8 Å². The number of imidazole rings is 1. The van der Waals surface area contributed by atoms with Crippen molar-refractivity contribution in [1.29, 1.82) is 0 Å². The van der Waals surface area contributed by atoms with Crippen LogP contribution in [0.4, 0.5) is 11.6 Å². The summed E-state index contributed by atoms with van der Waals surface area (Å²) in [5.41, 5.74) is 2.73. The van der Waals surface area contributed by atoms with Gasteiger partial charge in [0.15, 0.2) is 0 Å². The van der Waals surface area contributed by atoms with Crippen LogP contribution in [0.5, 0.6) is 23.0 Å². The minimum Gasteiger partial charge on any atom is -0.457 e. The van der Waals surface area contributed by atoms with Gasteiger partial charge in [0.25, 0.3) is 0 Å². The zero-order valence-corrected chi connectivity index (χ0v) is 16.9. The highest BCUT2D eigenvalue weighted by atomic mass is 16.5. The van der Waals surface area contributed by atoms with Gasteiger partial charge >= 0.3 is 0 Å². The minimum absolute atomic E-state index is 0.724. The highest BCUT2D eigenvalue weighted by Gasteiger charge is 2.10. The van der Waals surface area contributed by atoms with Gasteiger partial charge in [-0.3, -0.25) is 4.98 Å². The van der Waals surface area contributed by atoms with E-state index in [9.17, 15) is 0 Å². The molecule has 5 rings (SSSR count). The zero-order chi connectivity index (χ0) is 21.0. The molecule has 0 radical (unpaired) electrons. The molecular weight excluding hydrogens is 388 g/mol. The average Bonchev–Trinajstić information content (AvgIpc) is 3.10. The van der Waals surface area contributed by atoms with E-state index in [-0.39, 0.29) is 0 Å². The fraction of sp³-hybridized carbons (Fsp3) is 0.0400. The lowest BCUT2D eigenvalue weighted by Crippen LogP contribution is -1.99. The summed E-state index contributed by atoms with van der Waals surface area (Å²) >= 11 is 0. The van der Waals surface area contributed by atoms with Crippen LogP contribution in [0.25, 0.3) is 11.0 Å². The summed E-state index contributed by atoms with van der Waals surface area (Å²) in [5, 5.41) is 3.38. The number of pyridine rings is 1. The molecule has 0 fully saturated rings. The number of nitrogens with zero attached hydrogens (tertiary/aromatic N) is 3. The molecule has 0 aliphatic heterocycles. The Kier molecular flexibility index (Phi) is 4.94. The third-order valence-corrected chi connectivity index (χ3v) is 4.81. The standard InChI is InChI=1S/C25H20N4O2/c1-29-24-11-10-22(31-20-12-14-26-15-13-20)17-23(24)28-25(29)27-18-6-5-9-21(16-18)30-19-7-3-2-4-8-19/h2-17H,1H3,(H,27,28). The molecule has 0 unspecified atom stereocenters. The minimum atomic E-state index is 0.724. The molecule has 1 N–H and O–H groups in total. The van der Waals surface area contributed by atoms with Crippen LogP contribution in [0.15, 0.2) is 97.3 Å². The van der Waals surface area contributed by atoms with Gasteiger partial charge < -0.3 is 19.4 Å². The normalized spacial score (nSPS) is 10.7. The van der Waals surface area contributed by atoms with Crippen LogP contribution in [0.1, 0.15) is 0 Å². The molecule has 3 aromatic carbocycles. The predicted molar refractivity (Wildman–Crippen MR) is 121 cm³/mol. The maximum absolute atomic E-state index is 5.93. The molecule has 0 atom stereocenters. The van der Waals surface area contributed by atoms with Crippen molar-refractivity contribution in [1.82, 2.24) is 14.5 Å². The van der Waals surface area contributed by atoms with Crippen molar-refractivity contribution in [3.05, 3.63) is 97.3 Å². The van der Waals surface area contributed by atoms with Crippen molar-refractivity contribution < 1.29 is 9.47 Å². The van der Waals surface area contributed by atoms with Gasteiger partial charge in [0.05, 0.1) is 11.0 Å². The van der Waals surface area contributed by atoms with Gasteiger partial charge in [0.2, 0.25) is 5.95 Å². The fourth-order valence-electron chi connectivity index (χ4n) is 3.29. The second-order valence-corrected chi connectivity index (χ2v) is 7.00. The van der Waals surface area contributed by atoms with Crippen LogP contribution in [-0.2, 0) is 7.05 Å². The zero-order valence-electron chi connectivity index (χ0n) is 16.9. The summed E-state index contributed by atoms with van der Waals surface area (Å²) in [6, 6.07) is 27.0. The van der Waals surface area contributed by atoms with Crippen molar-refractivity contribution in [2.75, 3.05) is 5.32 Å². The molecule has 0 bridgehead atoms. The van der Waals surface area contributed by atoms with Gasteiger partial charge in [-0.15, -0.1) is 0 Å². The number of nitrogens with one attached hydrogen (secondary N) is 1. The van der Waals surface area contributed by atoms with Crippen molar-refractivity contribution in [3.63, 3.8) is 0 Å². The molecular formula is C25H20N4O2. The molecule has 2 aromatic heterocycles. The molecule has 31 heavy (non-hydrogen) atoms. The van der Waals surface area contributed by atoms with Crippen molar-refractivity contribution in [2.24, 2.45) is 7.05 Å². The number of fused-ring (bicyclic) bond motifs is 1. The maximum atomic E-state index is 5.93. The van der Waals surface area contributed by atoms with Crippen molar-refractivity contribution in [3.8, 4) is 23.0 Å². The van der Waals surface area contributed by atoms with Crippen molar-refractivity contribution in [2.45, 2.75) is 0 Å². The van der Waals surface area contributed by atoms with Gasteiger partial charge in [-0.1, -0.05) is 24.3 Å². The van der Waals surface area contributed by atoms with E-state index >= 15 is 0 Å². The molecule has 2 heterocycles. The first-order chi connectivity index (χ1) is 15.2. The van der Waals surface area contributed by atoms with E-state index in [0.717, 1.165) is 45.7 Å². The van der Waals surface area contributed by atoms with Crippen LogP contribution in [0.2, 0.25) is 0 Å². The average molecular weight is 408 g/mol. The second kappa shape index (κ2) is 8.20. The summed E-state index contributed by atoms with van der Waals surface area (Å²) < 4.78 is 13.8. The van der Waals surface area contributed by atoms with E-state index in [0.29, 0.717) is 0 Å². The molecule has 5 aromatic rings. The van der Waals surface area contributed by atoms with Gasteiger partial charge in [0.1, 0.15) is 23.0 Å². The third-order valence-electron chi connectivity index (χ3n) is 4.81. The summed E-state index contributed by atoms with van der Waals surface area (Å²) in [4.78, 5) is 8.75. The van der Waals surface area contributed by atoms with Crippen LogP contribution in [0, 0.1) is 0 Å². The van der Waals surface area contributed by atoms with Gasteiger partial charge in [-0.25, -0.2) is 4.98 Å². The molecule has 0 saturated heterocycles. The Balaban J connectivity index is 1.38. The molecule has 0 spiro atoms. The third kappa shape index (κ3) is 4.18. The summed E-state index contributed by atoms with van der Waals surface area (Å²) in [5.74, 6) is 3.74. The SMILES string of the molecule is Cn1c(Nc2cccc(Oc3ccccc3)c2)nc2cc(Oc3ccncc3)ccc21. The number of ether oxygens (including phenoxy) is 2. The number of anilines is 2. The number of hydrogen-bond donors (Lipinski definition) is 1. The number of benzene rings is 3. The van der Waals surface area contributed by atoms with Crippen LogP contribution >= 0.6 is 0 Å². The highest BCUT2D eigenvalue weighted by molar-refractivity contribution is 5.81. The first kappa shape index (κ1) is 18.7. The van der Waals surface area contributed by atoms with Gasteiger partial charge in [-0.05, 0) is 48.5 Å². The van der Waals surface area contributed by atoms with E-state index in [1.165, 1.54) is 0 Å². The fourth-order valence-corrected chi connectivity index (χ4v) is 3.29. The molecule has 6 heteroatoms. The molecule has 0 amide bonds. The first-order valence-corrected chi connectivity index (χ1v) is 9.89. The highest BCUT2D eigenvalue weighted by Crippen LogP contribution is 2.29. The summed E-state index contributed by atoms with van der Waals surface area (Å²) in [6.45, 7) is 0. The van der Waals surface area contributed by atoms with Gasteiger partial charge in [0, 0.05) is 37.3 Å². The smallest absolute Gasteiger partial charge is 0.208 e. The Morgan fingerprint density at radius 1 is 0.710 bits per heavy atom. The van der Waals surface area contributed by atoms with Crippen LogP contribution in [0.3, 0.4) is 0 Å². The maximum Gasteiger partial charge on any atom is 0.208 e. The Labute approximate surface area is 179 Å². The predicted octanol–water partition coefficient (Wildman–Crippen LogP) is 6.30. The Bertz CT molecular complexity index is 1320. The Morgan fingerprint density at radius 2 is 1.42 bits per heavy atom. The summed E-state index contributed by atoms with van der Waals surface area (Å²) in [7, 11) is 1.98. The Morgan fingerprint density at radius 3 is 2.23 bits per heavy atom. The van der Waals surface area contributed by atoms with E-state index in [1.807, 2.05) is 96.5 Å². The number of para-hydroxylation sites is 1. The van der Waals surface area contributed by atoms with Crippen LogP contribution in [-0.4, -0.2) is 14.5 Å². The number of aryl methyl sites for hydroxylation is 1.